The first kappa shape index (κ1) is 50.7. The standard InChI is InChI=1S/C105H76N4S2/c1-104(2,3)70-55-69(56-71(58-70)105(4,5)6)68-51-54-88-83(57-68)98-78-53-52-72(106-84-45-25-19-39-74(84)75-40-20-26-46-85(75)106)59-89(78)109(103-82(65-33-13-8-14-34-65)63-95-100(80-44-24-30-50-93(80)111-95)97(103)67-37-17-10-18-38-67)91-61-73(107-86-47-27-21-41-76(86)77-42-22-28-48-87(77)107)60-90(101(91)98)108(88)102-81(64-31-11-7-12-32-64)62-94-99(79-43-23-29-49-92(79)110-94)96(102)66-35-15-9-16-36-66/h7-63,98H,1-6H3/i19D,20D,21D,22D,25D,26D,27D,28D,39D,40D,41D,42D,45D,46D,47D,48D. The molecule has 0 aliphatic carbocycles. The van der Waals surface area contributed by atoms with Gasteiger partial charge in [0.05, 0.1) is 83.8 Å². The Bertz CT molecular complexity index is 8070. The number of benzene rings is 16. The van der Waals surface area contributed by atoms with Crippen LogP contribution in [0, 0.1) is 0 Å². The monoisotopic (exact) mass is 1470 g/mol. The third-order valence-electron chi connectivity index (χ3n) is 22.6. The minimum absolute atomic E-state index is 0.0869. The summed E-state index contributed by atoms with van der Waals surface area (Å²) in [6.45, 7) is 13.4. The van der Waals surface area contributed by atoms with Crippen molar-refractivity contribution < 1.29 is 21.9 Å². The van der Waals surface area contributed by atoms with Gasteiger partial charge in [0.1, 0.15) is 0 Å². The van der Waals surface area contributed by atoms with Crippen LogP contribution >= 0.6 is 22.7 Å². The summed E-state index contributed by atoms with van der Waals surface area (Å²) in [6.07, 6.45) is 0. The van der Waals surface area contributed by atoms with Crippen LogP contribution in [0.15, 0.2) is 345 Å². The van der Waals surface area contributed by atoms with Crippen molar-refractivity contribution >= 4 is 141 Å². The molecule has 4 nitrogen and oxygen atoms in total. The fourth-order valence-electron chi connectivity index (χ4n) is 17.6. The number of rotatable bonds is 9. The second-order valence-corrected chi connectivity index (χ2v) is 33.3. The molecule has 0 amide bonds. The van der Waals surface area contributed by atoms with Crippen LogP contribution < -0.4 is 9.80 Å². The molecule has 4 aromatic heterocycles. The topological polar surface area (TPSA) is 16.3 Å². The molecule has 6 heteroatoms. The van der Waals surface area contributed by atoms with E-state index in [0.717, 1.165) is 135 Å². The lowest BCUT2D eigenvalue weighted by Gasteiger charge is -2.47. The van der Waals surface area contributed by atoms with Crippen molar-refractivity contribution in [2.75, 3.05) is 9.80 Å². The van der Waals surface area contributed by atoms with Crippen LogP contribution in [-0.4, -0.2) is 9.13 Å². The summed E-state index contributed by atoms with van der Waals surface area (Å²) >= 11 is 3.37. The highest BCUT2D eigenvalue weighted by Crippen LogP contribution is 2.66. The van der Waals surface area contributed by atoms with E-state index in [4.69, 9.17) is 0 Å². The largest absolute Gasteiger partial charge is 0.309 e. The lowest BCUT2D eigenvalue weighted by atomic mass is 9.73. The zero-order chi connectivity index (χ0) is 88.0. The van der Waals surface area contributed by atoms with Gasteiger partial charge in [-0.15, -0.1) is 22.7 Å². The Balaban J connectivity index is 1.02. The molecule has 2 aliphatic heterocycles. The molecule has 528 valence electrons. The van der Waals surface area contributed by atoms with E-state index in [1.54, 1.807) is 31.8 Å². The number of fused-ring (bicyclic) bond motifs is 16. The van der Waals surface area contributed by atoms with Gasteiger partial charge >= 0.3 is 0 Å². The van der Waals surface area contributed by atoms with Gasteiger partial charge in [-0.1, -0.05) is 302 Å². The van der Waals surface area contributed by atoms with Crippen molar-refractivity contribution in [2.24, 2.45) is 0 Å². The molecule has 0 radical (unpaired) electrons. The van der Waals surface area contributed by atoms with Gasteiger partial charge < -0.3 is 18.9 Å². The van der Waals surface area contributed by atoms with Gasteiger partial charge in [-0.2, -0.15) is 0 Å². The van der Waals surface area contributed by atoms with Crippen LogP contribution in [0.1, 0.15) is 97.2 Å². The van der Waals surface area contributed by atoms with Gasteiger partial charge in [0.15, 0.2) is 0 Å². The number of aromatic nitrogens is 2. The molecule has 1 atom stereocenters. The molecule has 0 saturated carbocycles. The van der Waals surface area contributed by atoms with Gasteiger partial charge in [-0.25, -0.2) is 0 Å². The molecular weight excluding hydrogens is 1380 g/mol. The summed E-state index contributed by atoms with van der Waals surface area (Å²) in [5.74, 6) is -0.851. The summed E-state index contributed by atoms with van der Waals surface area (Å²) < 4.78 is 163. The Labute approximate surface area is 676 Å². The molecule has 0 spiro atoms. The van der Waals surface area contributed by atoms with E-state index < -0.39 is 103 Å². The van der Waals surface area contributed by atoms with Gasteiger partial charge in [-0.3, -0.25) is 0 Å². The molecule has 111 heavy (non-hydrogen) atoms. The second-order valence-electron chi connectivity index (χ2n) is 31.1. The van der Waals surface area contributed by atoms with Crippen LogP contribution in [0.3, 0.4) is 0 Å². The number of hydrogen-bond acceptors (Lipinski definition) is 4. The Morgan fingerprint density at radius 1 is 0.297 bits per heavy atom. The first-order chi connectivity index (χ1) is 61.0. The van der Waals surface area contributed by atoms with Crippen LogP contribution in [0.2, 0.25) is 0 Å². The van der Waals surface area contributed by atoms with Crippen molar-refractivity contribution in [1.29, 1.82) is 0 Å². The maximum Gasteiger partial charge on any atom is 0.0645 e. The number of para-hydroxylation sites is 4. The molecular formula is C105H76N4S2. The maximum absolute atomic E-state index is 10.4. The molecule has 1 unspecified atom stereocenters. The quantitative estimate of drug-likeness (QED) is 0.143. The summed E-state index contributed by atoms with van der Waals surface area (Å²) in [5.41, 5.74) is 16.3. The summed E-state index contributed by atoms with van der Waals surface area (Å²) in [5, 5.41) is 3.44. The number of hydrogen-bond donors (Lipinski definition) is 0. The highest BCUT2D eigenvalue weighted by atomic mass is 32.1. The van der Waals surface area contributed by atoms with Gasteiger partial charge in [0.25, 0.3) is 0 Å². The average Bonchev–Trinajstić information content (AvgIpc) is 1.70. The third kappa shape index (κ3) is 10.1. The fourth-order valence-corrected chi connectivity index (χ4v) is 19.9. The van der Waals surface area contributed by atoms with E-state index in [1.807, 2.05) is 97.1 Å². The van der Waals surface area contributed by atoms with Crippen LogP contribution in [0.5, 0.6) is 0 Å². The maximum atomic E-state index is 10.4. The highest BCUT2D eigenvalue weighted by molar-refractivity contribution is 7.26. The average molecular weight is 1470 g/mol. The summed E-state index contributed by atoms with van der Waals surface area (Å²) in [4.78, 5) is 4.63. The van der Waals surface area contributed by atoms with Crippen LogP contribution in [0.4, 0.5) is 34.1 Å². The normalized spacial score (nSPS) is 15.6. The predicted octanol–water partition coefficient (Wildman–Crippen LogP) is 30.3. The van der Waals surface area contributed by atoms with Crippen molar-refractivity contribution in [2.45, 2.75) is 58.3 Å². The minimum Gasteiger partial charge on any atom is -0.309 e. The van der Waals surface area contributed by atoms with Crippen molar-refractivity contribution in [3.8, 4) is 67.0 Å². The van der Waals surface area contributed by atoms with Crippen LogP contribution in [0.25, 0.3) is 151 Å². The van der Waals surface area contributed by atoms with Crippen LogP contribution in [-0.2, 0) is 10.8 Å². The van der Waals surface area contributed by atoms with Gasteiger partial charge in [0.2, 0.25) is 0 Å². The molecule has 16 aromatic carbocycles. The molecule has 0 bridgehead atoms. The molecule has 20 aromatic rings. The van der Waals surface area contributed by atoms with Gasteiger partial charge in [-0.05, 0) is 151 Å². The van der Waals surface area contributed by atoms with Crippen molar-refractivity contribution in [3.63, 3.8) is 0 Å². The number of anilines is 6. The van der Waals surface area contributed by atoms with E-state index in [9.17, 15) is 21.9 Å². The second kappa shape index (κ2) is 24.8. The summed E-state index contributed by atoms with van der Waals surface area (Å²) in [7, 11) is 0. The van der Waals surface area contributed by atoms with E-state index in [-0.39, 0.29) is 65.8 Å². The number of nitrogens with zero attached hydrogens (tertiary/aromatic N) is 4. The zero-order valence-electron chi connectivity index (χ0n) is 77.4. The number of thiophene rings is 2. The van der Waals surface area contributed by atoms with Crippen molar-refractivity contribution in [1.82, 2.24) is 9.13 Å². The SMILES string of the molecule is [2H]c1c([2H])c([2H])c2c(c1[2H])c1c([2H])c([2H])c([2H])c([2H])c1n2-c1ccc2c(c1)N(c1c(-c3ccccc3)cc3sc4ccccc4c3c1-c1ccccc1)c1cc(-n3c4c([2H])c([2H])c([2H])c([2H])c4c4c([2H])c([2H])c([2H])c([2H])c43)cc3c1C2c1cc(-c2cc(C(C)(C)C)cc(C(C)(C)C)c2)ccc1N3c1c(-c2ccccc2)cc2sc3ccccc3c2c1-c1ccccc1. The lowest BCUT2D eigenvalue weighted by Crippen LogP contribution is -2.30. The summed E-state index contributed by atoms with van der Waals surface area (Å²) in [6, 6.07) is 77.5. The molecule has 0 saturated heterocycles. The Morgan fingerprint density at radius 2 is 0.694 bits per heavy atom. The molecule has 6 heterocycles. The Morgan fingerprint density at radius 3 is 1.14 bits per heavy atom. The smallest absolute Gasteiger partial charge is 0.0645 e. The van der Waals surface area contributed by atoms with E-state index in [1.165, 1.54) is 0 Å². The lowest BCUT2D eigenvalue weighted by molar-refractivity contribution is 0.569. The van der Waals surface area contributed by atoms with Gasteiger partial charge in [0, 0.05) is 101 Å². The predicted molar refractivity (Wildman–Crippen MR) is 476 cm³/mol. The fraction of sp³-hybridized carbons (Fsp3) is 0.0857. The first-order valence-corrected chi connectivity index (χ1v) is 39.1. The zero-order valence-corrected chi connectivity index (χ0v) is 63.0. The minimum atomic E-state index is -0.851. The van der Waals surface area contributed by atoms with Crippen molar-refractivity contribution in [3.05, 3.63) is 373 Å². The Kier molecular flexibility index (Phi) is 11.4. The van der Waals surface area contributed by atoms with E-state index in [2.05, 4.69) is 203 Å². The van der Waals surface area contributed by atoms with E-state index >= 15 is 0 Å². The Hall–Kier alpha value is -12.8. The third-order valence-corrected chi connectivity index (χ3v) is 24.9. The molecule has 0 N–H and O–H groups in total. The van der Waals surface area contributed by atoms with E-state index in [0.29, 0.717) is 22.7 Å². The first-order valence-electron chi connectivity index (χ1n) is 45.4. The molecule has 2 aliphatic rings. The highest BCUT2D eigenvalue weighted by Gasteiger charge is 2.45. The molecule has 0 fully saturated rings. The molecule has 22 rings (SSSR count).